The van der Waals surface area contributed by atoms with Crippen molar-refractivity contribution < 1.29 is 14.6 Å². The van der Waals surface area contributed by atoms with Crippen LogP contribution < -0.4 is 9.84 Å². The largest absolute Gasteiger partial charge is 0.543 e. The highest BCUT2D eigenvalue weighted by molar-refractivity contribution is 5.96. The van der Waals surface area contributed by atoms with Gasteiger partial charge in [0.1, 0.15) is 12.4 Å². The van der Waals surface area contributed by atoms with Gasteiger partial charge < -0.3 is 19.2 Å². The zero-order chi connectivity index (χ0) is 16.2. The maximum absolute atomic E-state index is 11.4. The van der Waals surface area contributed by atoms with E-state index in [0.717, 1.165) is 22.9 Å². The third kappa shape index (κ3) is 3.06. The molecule has 0 saturated heterocycles. The number of hydrogen-bond donors (Lipinski definition) is 0. The Morgan fingerprint density at radius 1 is 1.13 bits per heavy atom. The van der Waals surface area contributed by atoms with Gasteiger partial charge in [-0.3, -0.25) is 0 Å². The number of aromatic carboxylic acids is 1. The summed E-state index contributed by atoms with van der Waals surface area (Å²) in [6, 6.07) is 17.2. The van der Waals surface area contributed by atoms with E-state index in [0.29, 0.717) is 18.9 Å². The second-order valence-electron chi connectivity index (χ2n) is 5.43. The number of nitrogens with zero attached hydrogens (tertiary/aromatic N) is 1. The monoisotopic (exact) mass is 308 g/mol. The Kier molecular flexibility index (Phi) is 4.33. The van der Waals surface area contributed by atoms with E-state index in [4.69, 9.17) is 4.74 Å². The van der Waals surface area contributed by atoms with Gasteiger partial charge >= 0.3 is 0 Å². The molecule has 4 nitrogen and oxygen atoms in total. The molecule has 2 aromatic carbocycles. The van der Waals surface area contributed by atoms with Crippen LogP contribution in [0.4, 0.5) is 0 Å². The van der Waals surface area contributed by atoms with Gasteiger partial charge in [-0.25, -0.2) is 0 Å². The van der Waals surface area contributed by atoms with Gasteiger partial charge in [0, 0.05) is 11.9 Å². The first-order valence-electron chi connectivity index (χ1n) is 7.71. The number of benzene rings is 2. The summed E-state index contributed by atoms with van der Waals surface area (Å²) in [6.07, 6.45) is 0.846. The van der Waals surface area contributed by atoms with Crippen molar-refractivity contribution in [3.05, 3.63) is 65.9 Å². The summed E-state index contributed by atoms with van der Waals surface area (Å²) in [6.45, 7) is 3.09. The van der Waals surface area contributed by atoms with Crippen molar-refractivity contribution in [1.82, 2.24) is 4.57 Å². The van der Waals surface area contributed by atoms with Crippen LogP contribution in [0.2, 0.25) is 0 Å². The lowest BCUT2D eigenvalue weighted by Crippen LogP contribution is -2.25. The molecule has 4 heteroatoms. The van der Waals surface area contributed by atoms with Crippen molar-refractivity contribution in [3.8, 4) is 5.75 Å². The molecule has 0 aliphatic rings. The number of carboxylic acid groups (broad SMARTS) is 1. The molecule has 0 aliphatic carbocycles. The van der Waals surface area contributed by atoms with Gasteiger partial charge in [0.25, 0.3) is 0 Å². The molecule has 0 fully saturated rings. The molecular weight excluding hydrogens is 290 g/mol. The number of ether oxygens (including phenoxy) is 1. The van der Waals surface area contributed by atoms with Crippen LogP contribution in [0, 0.1) is 0 Å². The van der Waals surface area contributed by atoms with E-state index < -0.39 is 5.97 Å². The maximum atomic E-state index is 11.4. The number of carbonyl (C=O) groups excluding carboxylic acids is 1. The zero-order valence-corrected chi connectivity index (χ0v) is 13.0. The third-order valence-electron chi connectivity index (χ3n) is 3.80. The van der Waals surface area contributed by atoms with Crippen molar-refractivity contribution in [3.63, 3.8) is 0 Å². The zero-order valence-electron chi connectivity index (χ0n) is 13.0. The summed E-state index contributed by atoms with van der Waals surface area (Å²) in [4.78, 5) is 11.4. The molecule has 0 atom stereocenters. The Balaban J connectivity index is 1.98. The molecule has 0 radical (unpaired) electrons. The topological polar surface area (TPSA) is 54.3 Å². The molecule has 3 aromatic rings. The molecule has 1 heterocycles. The summed E-state index contributed by atoms with van der Waals surface area (Å²) >= 11 is 0. The Morgan fingerprint density at radius 2 is 1.91 bits per heavy atom. The number of aryl methyl sites for hydroxylation is 1. The molecule has 0 bridgehead atoms. The second kappa shape index (κ2) is 6.57. The lowest BCUT2D eigenvalue weighted by molar-refractivity contribution is -0.255. The summed E-state index contributed by atoms with van der Waals surface area (Å²) < 4.78 is 7.68. The van der Waals surface area contributed by atoms with E-state index in [2.05, 4.69) is 0 Å². The van der Waals surface area contributed by atoms with E-state index in [1.54, 1.807) is 10.6 Å². The molecule has 0 saturated carbocycles. The fourth-order valence-electron chi connectivity index (χ4n) is 2.75. The van der Waals surface area contributed by atoms with Crippen LogP contribution in [0.25, 0.3) is 10.9 Å². The predicted molar refractivity (Wildman–Crippen MR) is 87.3 cm³/mol. The first-order valence-corrected chi connectivity index (χ1v) is 7.71. The number of rotatable bonds is 6. The molecule has 0 spiro atoms. The molecule has 0 N–H and O–H groups in total. The van der Waals surface area contributed by atoms with E-state index >= 15 is 0 Å². The fourth-order valence-corrected chi connectivity index (χ4v) is 2.75. The van der Waals surface area contributed by atoms with Gasteiger partial charge in [0.2, 0.25) is 0 Å². The van der Waals surface area contributed by atoms with Crippen LogP contribution in [0.1, 0.15) is 29.4 Å². The van der Waals surface area contributed by atoms with Crippen LogP contribution in [-0.4, -0.2) is 10.5 Å². The predicted octanol–water partition coefficient (Wildman–Crippen LogP) is 2.99. The van der Waals surface area contributed by atoms with Crippen LogP contribution in [-0.2, 0) is 13.2 Å². The van der Waals surface area contributed by atoms with E-state index in [1.807, 2.05) is 55.5 Å². The van der Waals surface area contributed by atoms with E-state index in [-0.39, 0.29) is 5.69 Å². The van der Waals surface area contributed by atoms with E-state index in [9.17, 15) is 9.90 Å². The molecule has 118 valence electrons. The van der Waals surface area contributed by atoms with Crippen LogP contribution in [0.5, 0.6) is 5.75 Å². The van der Waals surface area contributed by atoms with Gasteiger partial charge in [0.05, 0.1) is 17.2 Å². The highest BCUT2D eigenvalue weighted by atomic mass is 16.5. The quantitative estimate of drug-likeness (QED) is 0.703. The Hall–Kier alpha value is -2.75. The SMILES string of the molecule is CCCn1c(C(=O)[O-])cc2c(OCc3ccccc3)cccc21. The van der Waals surface area contributed by atoms with Gasteiger partial charge in [-0.15, -0.1) is 0 Å². The minimum Gasteiger partial charge on any atom is -0.543 e. The van der Waals surface area contributed by atoms with Crippen molar-refractivity contribution in [2.75, 3.05) is 0 Å². The summed E-state index contributed by atoms with van der Waals surface area (Å²) in [5, 5.41) is 12.2. The summed E-state index contributed by atoms with van der Waals surface area (Å²) in [5.74, 6) is -0.479. The van der Waals surface area contributed by atoms with Crippen LogP contribution in [0.3, 0.4) is 0 Å². The van der Waals surface area contributed by atoms with Gasteiger partial charge in [-0.1, -0.05) is 43.3 Å². The Morgan fingerprint density at radius 3 is 2.61 bits per heavy atom. The Bertz CT molecular complexity index is 821. The summed E-state index contributed by atoms with van der Waals surface area (Å²) in [7, 11) is 0. The molecule has 0 unspecified atom stereocenters. The number of carboxylic acids is 1. The van der Waals surface area contributed by atoms with E-state index in [1.165, 1.54) is 0 Å². The number of fused-ring (bicyclic) bond motifs is 1. The summed E-state index contributed by atoms with van der Waals surface area (Å²) in [5.41, 5.74) is 2.12. The molecule has 0 amide bonds. The van der Waals surface area contributed by atoms with Crippen molar-refractivity contribution in [2.24, 2.45) is 0 Å². The van der Waals surface area contributed by atoms with Crippen molar-refractivity contribution in [1.29, 1.82) is 0 Å². The Labute approximate surface area is 134 Å². The smallest absolute Gasteiger partial charge is 0.129 e. The first-order chi connectivity index (χ1) is 11.2. The van der Waals surface area contributed by atoms with Gasteiger partial charge in [-0.05, 0) is 30.2 Å². The van der Waals surface area contributed by atoms with Gasteiger partial charge in [0.15, 0.2) is 0 Å². The van der Waals surface area contributed by atoms with Crippen molar-refractivity contribution in [2.45, 2.75) is 26.5 Å². The second-order valence-corrected chi connectivity index (χ2v) is 5.43. The minimum atomic E-state index is -1.16. The lowest BCUT2D eigenvalue weighted by Gasteiger charge is -2.10. The normalized spacial score (nSPS) is 10.8. The average Bonchev–Trinajstić information content (AvgIpc) is 2.94. The lowest BCUT2D eigenvalue weighted by atomic mass is 10.2. The molecule has 23 heavy (non-hydrogen) atoms. The first kappa shape index (κ1) is 15.2. The molecule has 3 rings (SSSR count). The van der Waals surface area contributed by atoms with Crippen LogP contribution in [0.15, 0.2) is 54.6 Å². The standard InChI is InChI=1S/C19H19NO3/c1-2-11-20-16-9-6-10-18(15(16)12-17(20)19(21)22)23-13-14-7-4-3-5-8-14/h3-10,12H,2,11,13H2,1H3,(H,21,22)/p-1. The average molecular weight is 308 g/mol. The number of aromatic nitrogens is 1. The van der Waals surface area contributed by atoms with Crippen LogP contribution >= 0.6 is 0 Å². The van der Waals surface area contributed by atoms with Crippen molar-refractivity contribution >= 4 is 16.9 Å². The third-order valence-corrected chi connectivity index (χ3v) is 3.80. The van der Waals surface area contributed by atoms with Gasteiger partial charge in [-0.2, -0.15) is 0 Å². The minimum absolute atomic E-state index is 0.192. The fraction of sp³-hybridized carbons (Fsp3) is 0.211. The number of carbonyl (C=O) groups is 1. The maximum Gasteiger partial charge on any atom is 0.129 e. The highest BCUT2D eigenvalue weighted by Crippen LogP contribution is 2.29. The highest BCUT2D eigenvalue weighted by Gasteiger charge is 2.12. The molecule has 1 aromatic heterocycles. The molecule has 0 aliphatic heterocycles. The molecular formula is C19H18NO3-. The number of hydrogen-bond acceptors (Lipinski definition) is 3.